The summed E-state index contributed by atoms with van der Waals surface area (Å²) in [5.41, 5.74) is 1.57. The maximum absolute atomic E-state index is 14.3. The topological polar surface area (TPSA) is 73.6 Å². The van der Waals surface area contributed by atoms with Gasteiger partial charge in [-0.1, -0.05) is 0 Å². The molecule has 1 amide bonds. The molecule has 1 aliphatic heterocycles. The number of oxazole rings is 1. The molecule has 2 heterocycles. The number of amides is 1. The molecule has 0 aliphatic carbocycles. The molecule has 4 rings (SSSR count). The number of methoxy groups -OCH3 is 1. The van der Waals surface area contributed by atoms with Gasteiger partial charge in [0, 0.05) is 5.69 Å². The average Bonchev–Trinajstić information content (AvgIpc) is 3.21. The second kappa shape index (κ2) is 7.11. The lowest BCUT2D eigenvalue weighted by Crippen LogP contribution is -2.32. The third-order valence-electron chi connectivity index (χ3n) is 4.48. The number of rotatable bonds is 4. The molecular weight excluding hydrogens is 351 g/mol. The van der Waals surface area contributed by atoms with Gasteiger partial charge in [0.2, 0.25) is 5.91 Å². The number of fused-ring (bicyclic) bond motifs is 1. The van der Waals surface area contributed by atoms with E-state index >= 15 is 0 Å². The third-order valence-corrected chi connectivity index (χ3v) is 4.48. The van der Waals surface area contributed by atoms with Gasteiger partial charge < -0.3 is 19.2 Å². The van der Waals surface area contributed by atoms with Crippen LogP contribution in [0, 0.1) is 11.7 Å². The third kappa shape index (κ3) is 3.48. The van der Waals surface area contributed by atoms with Gasteiger partial charge >= 0.3 is 0 Å². The van der Waals surface area contributed by atoms with Gasteiger partial charge in [-0.25, -0.2) is 9.37 Å². The van der Waals surface area contributed by atoms with Crippen LogP contribution in [0.25, 0.3) is 11.3 Å². The highest BCUT2D eigenvalue weighted by atomic mass is 19.1. The van der Waals surface area contributed by atoms with Crippen LogP contribution in [-0.4, -0.2) is 24.6 Å². The first-order chi connectivity index (χ1) is 13.1. The van der Waals surface area contributed by atoms with Crippen molar-refractivity contribution in [2.45, 2.75) is 6.42 Å². The molecule has 1 N–H and O–H groups in total. The second-order valence-electron chi connectivity index (χ2n) is 6.24. The van der Waals surface area contributed by atoms with Crippen LogP contribution >= 0.6 is 0 Å². The zero-order chi connectivity index (χ0) is 18.8. The summed E-state index contributed by atoms with van der Waals surface area (Å²) in [6, 6.07) is 9.94. The number of anilines is 1. The predicted molar refractivity (Wildman–Crippen MR) is 96.2 cm³/mol. The molecule has 0 bridgehead atoms. The van der Waals surface area contributed by atoms with Gasteiger partial charge in [0.1, 0.15) is 23.9 Å². The molecule has 7 heteroatoms. The van der Waals surface area contributed by atoms with Crippen molar-refractivity contribution in [3.05, 3.63) is 60.4 Å². The van der Waals surface area contributed by atoms with E-state index in [9.17, 15) is 9.18 Å². The monoisotopic (exact) mass is 368 g/mol. The van der Waals surface area contributed by atoms with Crippen molar-refractivity contribution in [3.63, 3.8) is 0 Å². The molecule has 0 saturated carbocycles. The van der Waals surface area contributed by atoms with Gasteiger partial charge in [-0.3, -0.25) is 4.79 Å². The van der Waals surface area contributed by atoms with E-state index in [1.165, 1.54) is 18.7 Å². The lowest BCUT2D eigenvalue weighted by atomic mass is 9.95. The Bertz CT molecular complexity index is 972. The van der Waals surface area contributed by atoms with Crippen LogP contribution in [0.3, 0.4) is 0 Å². The number of carbonyl (C=O) groups is 1. The number of carbonyl (C=O) groups excluding carboxylic acids is 1. The first-order valence-corrected chi connectivity index (χ1v) is 8.43. The number of aromatic nitrogens is 1. The van der Waals surface area contributed by atoms with Crippen molar-refractivity contribution in [2.24, 2.45) is 5.92 Å². The fraction of sp³-hybridized carbons (Fsp3) is 0.200. The van der Waals surface area contributed by atoms with Gasteiger partial charge in [-0.05, 0) is 48.4 Å². The zero-order valence-electron chi connectivity index (χ0n) is 14.6. The van der Waals surface area contributed by atoms with E-state index in [-0.39, 0.29) is 24.0 Å². The van der Waals surface area contributed by atoms with E-state index in [2.05, 4.69) is 10.3 Å². The molecule has 3 aromatic rings. The van der Waals surface area contributed by atoms with E-state index < -0.39 is 5.82 Å². The molecular formula is C20H17FN2O4. The molecule has 1 aromatic heterocycles. The van der Waals surface area contributed by atoms with Gasteiger partial charge in [0.05, 0.1) is 24.8 Å². The van der Waals surface area contributed by atoms with Crippen molar-refractivity contribution in [1.29, 1.82) is 0 Å². The van der Waals surface area contributed by atoms with Crippen LogP contribution in [0.15, 0.2) is 53.4 Å². The number of nitrogens with zero attached hydrogens (tertiary/aromatic N) is 1. The maximum atomic E-state index is 14.3. The van der Waals surface area contributed by atoms with Crippen LogP contribution in [0.4, 0.5) is 10.1 Å². The van der Waals surface area contributed by atoms with Crippen molar-refractivity contribution in [1.82, 2.24) is 4.98 Å². The molecule has 0 spiro atoms. The normalized spacial score (nSPS) is 15.6. The standard InChI is InChI=1S/C20H17FN2O4/c1-25-15-3-5-18-12(7-15)6-13(10-26-18)20(24)23-14-2-4-16(17(21)8-14)19-9-22-11-27-19/h2-5,7-9,11,13H,6,10H2,1H3,(H,23,24). The lowest BCUT2D eigenvalue weighted by molar-refractivity contribution is -0.121. The summed E-state index contributed by atoms with van der Waals surface area (Å²) in [6.07, 6.45) is 3.19. The van der Waals surface area contributed by atoms with Crippen LogP contribution in [0.5, 0.6) is 11.5 Å². The van der Waals surface area contributed by atoms with Gasteiger partial charge in [-0.2, -0.15) is 0 Å². The molecule has 6 nitrogen and oxygen atoms in total. The Morgan fingerprint density at radius 3 is 2.93 bits per heavy atom. The Balaban J connectivity index is 1.47. The molecule has 2 aromatic carbocycles. The Hall–Kier alpha value is -3.35. The molecule has 1 unspecified atom stereocenters. The van der Waals surface area contributed by atoms with Crippen LogP contribution < -0.4 is 14.8 Å². The number of hydrogen-bond acceptors (Lipinski definition) is 5. The fourth-order valence-electron chi connectivity index (χ4n) is 3.05. The Labute approximate surface area is 154 Å². The van der Waals surface area contributed by atoms with Gasteiger partial charge in [-0.15, -0.1) is 0 Å². The lowest BCUT2D eigenvalue weighted by Gasteiger charge is -2.25. The number of hydrogen-bond donors (Lipinski definition) is 1. The van der Waals surface area contributed by atoms with E-state index in [1.54, 1.807) is 19.2 Å². The highest BCUT2D eigenvalue weighted by Crippen LogP contribution is 2.31. The van der Waals surface area contributed by atoms with E-state index in [1.807, 2.05) is 18.2 Å². The van der Waals surface area contributed by atoms with Crippen LogP contribution in [-0.2, 0) is 11.2 Å². The Kier molecular flexibility index (Phi) is 4.50. The molecule has 138 valence electrons. The Morgan fingerprint density at radius 1 is 1.30 bits per heavy atom. The summed E-state index contributed by atoms with van der Waals surface area (Å²) in [6.45, 7) is 0.268. The molecule has 1 atom stereocenters. The second-order valence-corrected chi connectivity index (χ2v) is 6.24. The smallest absolute Gasteiger partial charge is 0.231 e. The van der Waals surface area contributed by atoms with Crippen molar-refractivity contribution >= 4 is 11.6 Å². The van der Waals surface area contributed by atoms with E-state index in [0.717, 1.165) is 11.3 Å². The SMILES string of the molecule is COc1ccc2c(c1)CC(C(=O)Nc1ccc(-c3cnco3)c(F)c1)CO2. The molecule has 0 fully saturated rings. The largest absolute Gasteiger partial charge is 0.497 e. The predicted octanol–water partition coefficient (Wildman–Crippen LogP) is 3.68. The minimum absolute atomic E-state index is 0.227. The number of ether oxygens (including phenoxy) is 2. The molecule has 0 radical (unpaired) electrons. The first-order valence-electron chi connectivity index (χ1n) is 8.43. The summed E-state index contributed by atoms with van der Waals surface area (Å²) < 4.78 is 30.3. The van der Waals surface area contributed by atoms with Crippen molar-refractivity contribution in [3.8, 4) is 22.8 Å². The summed E-state index contributed by atoms with van der Waals surface area (Å²) in [5, 5.41) is 2.75. The van der Waals surface area contributed by atoms with E-state index in [0.29, 0.717) is 23.6 Å². The average molecular weight is 368 g/mol. The highest BCUT2D eigenvalue weighted by Gasteiger charge is 2.26. The number of nitrogens with one attached hydrogen (secondary N) is 1. The van der Waals surface area contributed by atoms with Crippen LogP contribution in [0.1, 0.15) is 5.56 Å². The summed E-state index contributed by atoms with van der Waals surface area (Å²) >= 11 is 0. The summed E-state index contributed by atoms with van der Waals surface area (Å²) in [4.78, 5) is 16.4. The van der Waals surface area contributed by atoms with Gasteiger partial charge in [0.15, 0.2) is 12.2 Å². The highest BCUT2D eigenvalue weighted by molar-refractivity contribution is 5.93. The van der Waals surface area contributed by atoms with Crippen molar-refractivity contribution < 1.29 is 23.1 Å². The summed E-state index contributed by atoms with van der Waals surface area (Å²) in [5.74, 6) is 0.693. The fourth-order valence-corrected chi connectivity index (χ4v) is 3.05. The minimum Gasteiger partial charge on any atom is -0.497 e. The Morgan fingerprint density at radius 2 is 2.19 bits per heavy atom. The van der Waals surface area contributed by atoms with Crippen molar-refractivity contribution in [2.75, 3.05) is 19.0 Å². The van der Waals surface area contributed by atoms with Gasteiger partial charge in [0.25, 0.3) is 0 Å². The van der Waals surface area contributed by atoms with Crippen LogP contribution in [0.2, 0.25) is 0 Å². The molecule has 0 saturated heterocycles. The maximum Gasteiger partial charge on any atom is 0.231 e. The van der Waals surface area contributed by atoms with E-state index in [4.69, 9.17) is 13.9 Å². The number of halogens is 1. The molecule has 27 heavy (non-hydrogen) atoms. The zero-order valence-corrected chi connectivity index (χ0v) is 14.6. The minimum atomic E-state index is -0.500. The molecule has 1 aliphatic rings. The first kappa shape index (κ1) is 17.1. The number of benzene rings is 2. The quantitative estimate of drug-likeness (QED) is 0.760. The summed E-state index contributed by atoms with van der Waals surface area (Å²) in [7, 11) is 1.59.